The maximum atomic E-state index is 13.0. The summed E-state index contributed by atoms with van der Waals surface area (Å²) in [5, 5.41) is 11.6. The number of aryl methyl sites for hydroxylation is 3. The summed E-state index contributed by atoms with van der Waals surface area (Å²) in [7, 11) is 1.79. The lowest BCUT2D eigenvalue weighted by Gasteiger charge is -2.35. The largest absolute Gasteiger partial charge is 0.450 e. The smallest absolute Gasteiger partial charge is 0.409 e. The van der Waals surface area contributed by atoms with Gasteiger partial charge in [-0.05, 0) is 34.6 Å². The Labute approximate surface area is 187 Å². The topological polar surface area (TPSA) is 115 Å². The minimum absolute atomic E-state index is 0.0900. The number of hydrogen-bond donors (Lipinski definition) is 1. The number of nitrogens with one attached hydrogen (secondary N) is 1. The molecule has 3 heterocycles. The molecule has 0 spiro atoms. The molecule has 3 amide bonds. The Morgan fingerprint density at radius 2 is 1.69 bits per heavy atom. The van der Waals surface area contributed by atoms with Crippen LogP contribution in [0.1, 0.15) is 47.3 Å². The Morgan fingerprint density at radius 1 is 1.06 bits per heavy atom. The van der Waals surface area contributed by atoms with Gasteiger partial charge in [0, 0.05) is 45.1 Å². The van der Waals surface area contributed by atoms with Crippen LogP contribution in [-0.2, 0) is 16.6 Å². The molecule has 1 unspecified atom stereocenters. The molecule has 11 heteroatoms. The van der Waals surface area contributed by atoms with Crippen molar-refractivity contribution in [2.75, 3.05) is 38.1 Å². The lowest BCUT2D eigenvalue weighted by Crippen LogP contribution is -2.52. The molecule has 174 valence electrons. The molecule has 1 saturated heterocycles. The van der Waals surface area contributed by atoms with Gasteiger partial charge in [0.1, 0.15) is 6.04 Å². The van der Waals surface area contributed by atoms with Crippen molar-refractivity contribution in [1.29, 1.82) is 0 Å². The van der Waals surface area contributed by atoms with Crippen LogP contribution >= 0.6 is 0 Å². The summed E-state index contributed by atoms with van der Waals surface area (Å²) in [5.74, 6) is -0.349. The predicted octanol–water partition coefficient (Wildman–Crippen LogP) is 1.66. The van der Waals surface area contributed by atoms with Gasteiger partial charge in [0.05, 0.1) is 29.2 Å². The van der Waals surface area contributed by atoms with Gasteiger partial charge in [-0.1, -0.05) is 0 Å². The van der Waals surface area contributed by atoms with Gasteiger partial charge in [-0.15, -0.1) is 0 Å². The number of amides is 3. The van der Waals surface area contributed by atoms with Gasteiger partial charge < -0.3 is 19.9 Å². The second kappa shape index (κ2) is 9.41. The number of ether oxygens (including phenoxy) is 1. The van der Waals surface area contributed by atoms with Crippen molar-refractivity contribution in [3.63, 3.8) is 0 Å². The van der Waals surface area contributed by atoms with E-state index in [0.29, 0.717) is 55.4 Å². The van der Waals surface area contributed by atoms with Crippen LogP contribution in [0, 0.1) is 20.8 Å². The van der Waals surface area contributed by atoms with E-state index in [1.54, 1.807) is 60.1 Å². The van der Waals surface area contributed by atoms with Crippen LogP contribution in [0.25, 0.3) is 0 Å². The Bertz CT molecular complexity index is 1020. The zero-order chi connectivity index (χ0) is 23.6. The Kier molecular flexibility index (Phi) is 6.85. The Hall–Kier alpha value is -3.37. The number of hydrogen-bond acceptors (Lipinski definition) is 6. The van der Waals surface area contributed by atoms with E-state index in [1.165, 1.54) is 0 Å². The molecule has 1 aliphatic heterocycles. The van der Waals surface area contributed by atoms with E-state index in [0.717, 1.165) is 5.69 Å². The number of nitrogens with zero attached hydrogens (tertiary/aromatic N) is 6. The highest BCUT2D eigenvalue weighted by Gasteiger charge is 2.29. The first-order valence-corrected chi connectivity index (χ1v) is 10.7. The van der Waals surface area contributed by atoms with Crippen molar-refractivity contribution in [3.05, 3.63) is 28.8 Å². The summed E-state index contributed by atoms with van der Waals surface area (Å²) >= 11 is 0. The van der Waals surface area contributed by atoms with E-state index in [1.807, 2.05) is 6.92 Å². The van der Waals surface area contributed by atoms with E-state index in [4.69, 9.17) is 4.74 Å². The van der Waals surface area contributed by atoms with Crippen molar-refractivity contribution in [3.8, 4) is 0 Å². The number of carbonyl (C=O) groups excluding carboxylic acids is 3. The zero-order valence-corrected chi connectivity index (χ0v) is 19.5. The molecule has 11 nitrogen and oxygen atoms in total. The second-order valence-electron chi connectivity index (χ2n) is 7.92. The molecule has 2 aromatic rings. The van der Waals surface area contributed by atoms with Crippen molar-refractivity contribution in [2.24, 2.45) is 7.05 Å². The van der Waals surface area contributed by atoms with Crippen molar-refractivity contribution < 1.29 is 19.1 Å². The van der Waals surface area contributed by atoms with Crippen molar-refractivity contribution >= 4 is 23.6 Å². The number of piperazine rings is 1. The molecule has 0 radical (unpaired) electrons. The molecule has 32 heavy (non-hydrogen) atoms. The SMILES string of the molecule is CCOC(=O)N1CCN(C(=O)C(C)n2cc(NC(=O)c3c(C)nn(C)c3C)c(C)n2)CC1. The molecule has 1 fully saturated rings. The van der Waals surface area contributed by atoms with Crippen molar-refractivity contribution in [1.82, 2.24) is 29.4 Å². The number of carbonyl (C=O) groups is 3. The maximum Gasteiger partial charge on any atom is 0.409 e. The van der Waals surface area contributed by atoms with Crippen LogP contribution in [0.2, 0.25) is 0 Å². The monoisotopic (exact) mass is 445 g/mol. The second-order valence-corrected chi connectivity index (χ2v) is 7.92. The third kappa shape index (κ3) is 4.61. The third-order valence-corrected chi connectivity index (χ3v) is 5.77. The van der Waals surface area contributed by atoms with Crippen molar-refractivity contribution in [2.45, 2.75) is 40.7 Å². The van der Waals surface area contributed by atoms with Crippen LogP contribution in [0.4, 0.5) is 10.5 Å². The van der Waals surface area contributed by atoms with Crippen LogP contribution in [-0.4, -0.2) is 80.1 Å². The Balaban J connectivity index is 1.65. The fourth-order valence-corrected chi connectivity index (χ4v) is 3.79. The summed E-state index contributed by atoms with van der Waals surface area (Å²) in [6, 6.07) is -0.546. The highest BCUT2D eigenvalue weighted by molar-refractivity contribution is 6.06. The lowest BCUT2D eigenvalue weighted by molar-refractivity contribution is -0.136. The third-order valence-electron chi connectivity index (χ3n) is 5.77. The van der Waals surface area contributed by atoms with E-state index < -0.39 is 6.04 Å². The first-order chi connectivity index (χ1) is 15.1. The van der Waals surface area contributed by atoms with Gasteiger partial charge >= 0.3 is 6.09 Å². The van der Waals surface area contributed by atoms with Gasteiger partial charge in [0.2, 0.25) is 5.91 Å². The van der Waals surface area contributed by atoms with E-state index in [9.17, 15) is 14.4 Å². The zero-order valence-electron chi connectivity index (χ0n) is 19.5. The van der Waals surface area contributed by atoms with Gasteiger partial charge in [-0.2, -0.15) is 10.2 Å². The summed E-state index contributed by atoms with van der Waals surface area (Å²) in [6.07, 6.45) is 1.32. The molecule has 0 bridgehead atoms. The highest BCUT2D eigenvalue weighted by atomic mass is 16.6. The summed E-state index contributed by atoms with van der Waals surface area (Å²) in [5.41, 5.74) is 3.12. The van der Waals surface area contributed by atoms with Gasteiger partial charge in [0.25, 0.3) is 5.91 Å². The first-order valence-electron chi connectivity index (χ1n) is 10.7. The first kappa shape index (κ1) is 23.3. The highest BCUT2D eigenvalue weighted by Crippen LogP contribution is 2.21. The molecule has 3 rings (SSSR count). The fourth-order valence-electron chi connectivity index (χ4n) is 3.79. The normalized spacial score (nSPS) is 14.9. The standard InChI is InChI=1S/C21H31N7O4/c1-7-32-21(31)27-10-8-26(9-11-27)20(30)16(5)28-12-17(13(2)24-28)22-19(29)18-14(3)23-25(6)15(18)4/h12,16H,7-11H2,1-6H3,(H,22,29). The van der Waals surface area contributed by atoms with Gasteiger partial charge in [0.15, 0.2) is 0 Å². The molecule has 1 atom stereocenters. The van der Waals surface area contributed by atoms with Gasteiger partial charge in [-0.25, -0.2) is 4.79 Å². The average Bonchev–Trinajstić information content (AvgIpc) is 3.25. The summed E-state index contributed by atoms with van der Waals surface area (Å²) in [4.78, 5) is 41.0. The fraction of sp³-hybridized carbons (Fsp3) is 0.571. The van der Waals surface area contributed by atoms with Crippen LogP contribution in [0.15, 0.2) is 6.20 Å². The molecular weight excluding hydrogens is 414 g/mol. The predicted molar refractivity (Wildman–Crippen MR) is 117 cm³/mol. The summed E-state index contributed by atoms with van der Waals surface area (Å²) < 4.78 is 8.25. The molecule has 1 aliphatic rings. The molecular formula is C21H31N7O4. The van der Waals surface area contributed by atoms with Crippen LogP contribution in [0.5, 0.6) is 0 Å². The lowest BCUT2D eigenvalue weighted by atomic mass is 10.2. The quantitative estimate of drug-likeness (QED) is 0.749. The van der Waals surface area contributed by atoms with E-state index in [2.05, 4.69) is 15.5 Å². The molecule has 0 saturated carbocycles. The van der Waals surface area contributed by atoms with Crippen LogP contribution < -0.4 is 5.32 Å². The minimum atomic E-state index is -0.546. The average molecular weight is 446 g/mol. The Morgan fingerprint density at radius 3 is 2.25 bits per heavy atom. The number of aromatic nitrogens is 4. The maximum absolute atomic E-state index is 13.0. The molecule has 0 aromatic carbocycles. The molecule has 0 aliphatic carbocycles. The summed E-state index contributed by atoms with van der Waals surface area (Å²) in [6.45, 7) is 11.0. The number of anilines is 1. The van der Waals surface area contributed by atoms with E-state index >= 15 is 0 Å². The van der Waals surface area contributed by atoms with Gasteiger partial charge in [-0.3, -0.25) is 19.0 Å². The molecule has 1 N–H and O–H groups in total. The van der Waals surface area contributed by atoms with E-state index in [-0.39, 0.29) is 17.9 Å². The van der Waals surface area contributed by atoms with Crippen LogP contribution in [0.3, 0.4) is 0 Å². The molecule has 2 aromatic heterocycles. The number of rotatable bonds is 5. The minimum Gasteiger partial charge on any atom is -0.450 e.